The third kappa shape index (κ3) is 3.23. The lowest BCUT2D eigenvalue weighted by atomic mass is 9.61. The summed E-state index contributed by atoms with van der Waals surface area (Å²) >= 11 is 0. The van der Waals surface area contributed by atoms with Crippen LogP contribution in [-0.4, -0.2) is 41.1 Å². The van der Waals surface area contributed by atoms with E-state index >= 15 is 4.39 Å². The molecule has 6 heteroatoms. The fourth-order valence-corrected chi connectivity index (χ4v) is 9.34. The minimum absolute atomic E-state index is 0.0200. The minimum atomic E-state index is -1.02. The Labute approximate surface area is 201 Å². The zero-order valence-electron chi connectivity index (χ0n) is 20.6. The lowest BCUT2D eigenvalue weighted by Crippen LogP contribution is -2.40. The van der Waals surface area contributed by atoms with Crippen molar-refractivity contribution in [1.29, 1.82) is 0 Å². The van der Waals surface area contributed by atoms with E-state index in [9.17, 15) is 14.7 Å². The zero-order valence-corrected chi connectivity index (χ0v) is 20.6. The van der Waals surface area contributed by atoms with Crippen molar-refractivity contribution in [2.24, 2.45) is 21.7 Å². The number of carboxylic acid groups (broad SMARTS) is 1. The van der Waals surface area contributed by atoms with Crippen LogP contribution < -0.4 is 4.74 Å². The molecule has 5 aliphatic carbocycles. The van der Waals surface area contributed by atoms with Crippen LogP contribution in [0.1, 0.15) is 100 Å². The molecule has 1 aromatic rings. The smallest absolute Gasteiger partial charge is 0.326 e. The first kappa shape index (κ1) is 22.4. The molecule has 34 heavy (non-hydrogen) atoms. The van der Waals surface area contributed by atoms with E-state index in [4.69, 9.17) is 4.74 Å². The maximum Gasteiger partial charge on any atom is 0.326 e. The maximum atomic E-state index is 15.3. The number of carboxylic acids is 1. The minimum Gasteiger partial charge on any atom is -0.493 e. The molecule has 6 aliphatic rings. The first-order chi connectivity index (χ1) is 16.0. The number of likely N-dealkylation sites (tertiary alicyclic amines) is 1. The van der Waals surface area contributed by atoms with Gasteiger partial charge in [-0.1, -0.05) is 20.8 Å². The van der Waals surface area contributed by atoms with Crippen molar-refractivity contribution in [1.82, 2.24) is 4.90 Å². The Kier molecular flexibility index (Phi) is 4.59. The normalized spacial score (nSPS) is 40.2. The van der Waals surface area contributed by atoms with Crippen molar-refractivity contribution in [3.63, 3.8) is 0 Å². The Morgan fingerprint density at radius 2 is 1.74 bits per heavy atom. The van der Waals surface area contributed by atoms with Crippen molar-refractivity contribution >= 4 is 11.9 Å². The first-order valence-corrected chi connectivity index (χ1v) is 13.0. The Hall–Kier alpha value is -2.11. The highest BCUT2D eigenvalue weighted by molar-refractivity contribution is 5.97. The number of aliphatic carboxylic acids is 1. The van der Waals surface area contributed by atoms with Crippen LogP contribution in [-0.2, 0) is 4.79 Å². The first-order valence-electron chi connectivity index (χ1n) is 13.0. The number of hydrogen-bond acceptors (Lipinski definition) is 3. The summed E-state index contributed by atoms with van der Waals surface area (Å²) in [7, 11) is 0. The molecule has 5 saturated carbocycles. The SMILES string of the molecule is CC12CC3(C)CC(C)(C1)C(COc1cc(F)c(C(=O)N4CCC[C@H]4C(=O)O)cc1C1CC1)(C2)C3. The summed E-state index contributed by atoms with van der Waals surface area (Å²) in [6.07, 6.45) is 9.20. The molecule has 1 amide bonds. The van der Waals surface area contributed by atoms with Crippen LogP contribution in [0.3, 0.4) is 0 Å². The number of carbonyl (C=O) groups excluding carboxylic acids is 1. The molecular formula is C28H36FNO4. The second kappa shape index (κ2) is 6.98. The summed E-state index contributed by atoms with van der Waals surface area (Å²) in [5.41, 5.74) is 2.04. The lowest BCUT2D eigenvalue weighted by Gasteiger charge is -2.44. The fourth-order valence-electron chi connectivity index (χ4n) is 9.34. The van der Waals surface area contributed by atoms with Crippen LogP contribution in [0.2, 0.25) is 0 Å². The molecular weight excluding hydrogens is 433 g/mol. The highest BCUT2D eigenvalue weighted by atomic mass is 19.1. The molecule has 1 aliphatic heterocycles. The van der Waals surface area contributed by atoms with Crippen LogP contribution >= 0.6 is 0 Å². The topological polar surface area (TPSA) is 66.8 Å². The highest BCUT2D eigenvalue weighted by Gasteiger charge is 2.72. The van der Waals surface area contributed by atoms with Gasteiger partial charge in [-0.15, -0.1) is 0 Å². The molecule has 0 aromatic heterocycles. The molecule has 3 atom stereocenters. The number of nitrogens with zero attached hydrogens (tertiary/aromatic N) is 1. The van der Waals surface area contributed by atoms with E-state index in [0.29, 0.717) is 42.6 Å². The molecule has 2 unspecified atom stereocenters. The number of hydrogen-bond donors (Lipinski definition) is 1. The van der Waals surface area contributed by atoms with Gasteiger partial charge in [0.05, 0.1) is 12.2 Å². The summed E-state index contributed by atoms with van der Waals surface area (Å²) in [5.74, 6) is -1.29. The summed E-state index contributed by atoms with van der Waals surface area (Å²) in [5, 5.41) is 9.46. The van der Waals surface area contributed by atoms with Gasteiger partial charge in [-0.3, -0.25) is 4.79 Å². The average Bonchev–Trinajstić information content (AvgIpc) is 3.36. The number of rotatable bonds is 6. The molecule has 1 heterocycles. The second-order valence-electron chi connectivity index (χ2n) is 13.3. The predicted octanol–water partition coefficient (Wildman–Crippen LogP) is 5.77. The van der Waals surface area contributed by atoms with Gasteiger partial charge in [-0.25, -0.2) is 9.18 Å². The summed E-state index contributed by atoms with van der Waals surface area (Å²) < 4.78 is 21.8. The molecule has 0 radical (unpaired) electrons. The monoisotopic (exact) mass is 469 g/mol. The van der Waals surface area contributed by atoms with E-state index in [0.717, 1.165) is 18.4 Å². The number of ether oxygens (including phenoxy) is 1. The fraction of sp³-hybridized carbons (Fsp3) is 0.714. The van der Waals surface area contributed by atoms with Gasteiger partial charge in [0.15, 0.2) is 0 Å². The number of amides is 1. The van der Waals surface area contributed by atoms with Crippen LogP contribution in [0.5, 0.6) is 5.75 Å². The Balaban J connectivity index is 1.28. The van der Waals surface area contributed by atoms with Crippen LogP contribution in [0, 0.1) is 27.5 Å². The Morgan fingerprint density at radius 1 is 1.06 bits per heavy atom. The van der Waals surface area contributed by atoms with Crippen LogP contribution in [0.25, 0.3) is 0 Å². The third-order valence-electron chi connectivity index (χ3n) is 9.95. The quantitative estimate of drug-likeness (QED) is 0.575. The van der Waals surface area contributed by atoms with Crippen molar-refractivity contribution < 1.29 is 23.8 Å². The molecule has 5 nitrogen and oxygen atoms in total. The zero-order chi connectivity index (χ0) is 24.1. The molecule has 7 rings (SSSR count). The van der Waals surface area contributed by atoms with Gasteiger partial charge < -0.3 is 14.7 Å². The molecule has 6 fully saturated rings. The largest absolute Gasteiger partial charge is 0.493 e. The van der Waals surface area contributed by atoms with Crippen molar-refractivity contribution in [2.45, 2.75) is 90.5 Å². The second-order valence-corrected chi connectivity index (χ2v) is 13.3. The van der Waals surface area contributed by atoms with E-state index in [1.165, 1.54) is 43.1 Å². The van der Waals surface area contributed by atoms with Crippen LogP contribution in [0.4, 0.5) is 4.39 Å². The number of carbonyl (C=O) groups is 2. The summed E-state index contributed by atoms with van der Waals surface area (Å²) in [4.78, 5) is 26.0. The van der Waals surface area contributed by atoms with Crippen molar-refractivity contribution in [3.05, 3.63) is 29.1 Å². The van der Waals surface area contributed by atoms with Crippen molar-refractivity contribution in [2.75, 3.05) is 13.2 Å². The maximum absolute atomic E-state index is 15.3. The van der Waals surface area contributed by atoms with E-state index in [1.54, 1.807) is 6.07 Å². The number of halogens is 1. The predicted molar refractivity (Wildman–Crippen MR) is 125 cm³/mol. The van der Waals surface area contributed by atoms with Gasteiger partial charge in [0.2, 0.25) is 0 Å². The Morgan fingerprint density at radius 3 is 2.35 bits per heavy atom. The standard InChI is InChI=1S/C28H36FNO4/c1-25-11-26(2)13-27(3,12-25)28(14-25,15-26)16-34-22-10-20(29)19(9-18(22)17-6-7-17)23(31)30-8-4-5-21(30)24(32)33/h9-10,17,21H,4-8,11-16H2,1-3H3,(H,32,33)/t21-,25?,26?,27?,28?/m0/s1. The van der Waals surface area contributed by atoms with Crippen LogP contribution in [0.15, 0.2) is 12.1 Å². The van der Waals surface area contributed by atoms with E-state index < -0.39 is 23.7 Å². The van der Waals surface area contributed by atoms with Gasteiger partial charge in [0, 0.05) is 18.0 Å². The van der Waals surface area contributed by atoms with Gasteiger partial charge in [-0.2, -0.15) is 0 Å². The summed E-state index contributed by atoms with van der Waals surface area (Å²) in [6.45, 7) is 8.26. The highest BCUT2D eigenvalue weighted by Crippen LogP contribution is 2.79. The molecule has 1 aromatic carbocycles. The van der Waals surface area contributed by atoms with Gasteiger partial charge in [-0.05, 0) is 91.6 Å². The van der Waals surface area contributed by atoms with E-state index in [1.807, 2.05) is 0 Å². The van der Waals surface area contributed by atoms with Gasteiger partial charge >= 0.3 is 5.97 Å². The molecule has 1 saturated heterocycles. The average molecular weight is 470 g/mol. The van der Waals surface area contributed by atoms with E-state index in [2.05, 4.69) is 20.8 Å². The Bertz CT molecular complexity index is 1060. The number of benzene rings is 1. The molecule has 4 bridgehead atoms. The van der Waals surface area contributed by atoms with Gasteiger partial charge in [0.1, 0.15) is 17.6 Å². The van der Waals surface area contributed by atoms with Crippen molar-refractivity contribution in [3.8, 4) is 5.75 Å². The van der Waals surface area contributed by atoms with Gasteiger partial charge in [0.25, 0.3) is 5.91 Å². The summed E-state index contributed by atoms with van der Waals surface area (Å²) in [6, 6.07) is 2.18. The lowest BCUT2D eigenvalue weighted by molar-refractivity contribution is -0.141. The molecule has 0 spiro atoms. The van der Waals surface area contributed by atoms with E-state index in [-0.39, 0.29) is 22.3 Å². The molecule has 1 N–H and O–H groups in total. The molecule has 184 valence electrons. The third-order valence-corrected chi connectivity index (χ3v) is 9.95.